The summed E-state index contributed by atoms with van der Waals surface area (Å²) in [6.07, 6.45) is 4.96. The highest BCUT2D eigenvalue weighted by atomic mass is 14.9. The monoisotopic (exact) mass is 270 g/mol. The SMILES string of the molecule is CNC(CC(C)C(C)(C)C)c1cccc2cnccc12. The summed E-state index contributed by atoms with van der Waals surface area (Å²) >= 11 is 0. The Hall–Kier alpha value is -1.41. The van der Waals surface area contributed by atoms with E-state index in [1.54, 1.807) is 0 Å². The van der Waals surface area contributed by atoms with Crippen LogP contribution in [0.15, 0.2) is 36.7 Å². The average molecular weight is 270 g/mol. The van der Waals surface area contributed by atoms with Crippen LogP contribution >= 0.6 is 0 Å². The van der Waals surface area contributed by atoms with Crippen molar-refractivity contribution in [3.63, 3.8) is 0 Å². The number of fused-ring (bicyclic) bond motifs is 1. The van der Waals surface area contributed by atoms with Gasteiger partial charge in [-0.05, 0) is 41.8 Å². The third-order valence-corrected chi connectivity index (χ3v) is 4.51. The molecule has 0 saturated heterocycles. The number of rotatable bonds is 4. The van der Waals surface area contributed by atoms with Crippen molar-refractivity contribution in [3.05, 3.63) is 42.2 Å². The second kappa shape index (κ2) is 5.92. The van der Waals surface area contributed by atoms with E-state index in [1.165, 1.54) is 16.3 Å². The molecule has 0 aliphatic heterocycles. The van der Waals surface area contributed by atoms with E-state index in [1.807, 2.05) is 12.4 Å². The Morgan fingerprint density at radius 3 is 2.60 bits per heavy atom. The van der Waals surface area contributed by atoms with Gasteiger partial charge in [-0.2, -0.15) is 0 Å². The first-order chi connectivity index (χ1) is 9.43. The molecule has 2 atom stereocenters. The fraction of sp³-hybridized carbons (Fsp3) is 0.500. The van der Waals surface area contributed by atoms with Gasteiger partial charge < -0.3 is 5.32 Å². The molecular formula is C18H26N2. The van der Waals surface area contributed by atoms with Crippen LogP contribution in [0.5, 0.6) is 0 Å². The molecule has 1 N–H and O–H groups in total. The first-order valence-corrected chi connectivity index (χ1v) is 7.43. The van der Waals surface area contributed by atoms with E-state index in [0.29, 0.717) is 17.4 Å². The van der Waals surface area contributed by atoms with Crippen LogP contribution in [-0.4, -0.2) is 12.0 Å². The quantitative estimate of drug-likeness (QED) is 0.880. The van der Waals surface area contributed by atoms with Gasteiger partial charge in [0.05, 0.1) is 0 Å². The summed E-state index contributed by atoms with van der Waals surface area (Å²) in [5.74, 6) is 0.650. The number of pyridine rings is 1. The van der Waals surface area contributed by atoms with Gasteiger partial charge in [-0.25, -0.2) is 0 Å². The summed E-state index contributed by atoms with van der Waals surface area (Å²) in [4.78, 5) is 4.22. The molecule has 0 spiro atoms. The smallest absolute Gasteiger partial charge is 0.0346 e. The molecule has 2 heteroatoms. The van der Waals surface area contributed by atoms with Crippen LogP contribution in [0.1, 0.15) is 45.7 Å². The zero-order valence-electron chi connectivity index (χ0n) is 13.3. The molecule has 2 unspecified atom stereocenters. The van der Waals surface area contributed by atoms with Crippen LogP contribution in [0.25, 0.3) is 10.8 Å². The van der Waals surface area contributed by atoms with Gasteiger partial charge in [0.15, 0.2) is 0 Å². The Kier molecular flexibility index (Phi) is 4.44. The Morgan fingerprint density at radius 1 is 1.20 bits per heavy atom. The van der Waals surface area contributed by atoms with Gasteiger partial charge >= 0.3 is 0 Å². The van der Waals surface area contributed by atoms with Crippen molar-refractivity contribution in [1.29, 1.82) is 0 Å². The van der Waals surface area contributed by atoms with Crippen LogP contribution in [0.4, 0.5) is 0 Å². The maximum absolute atomic E-state index is 4.22. The van der Waals surface area contributed by atoms with E-state index < -0.39 is 0 Å². The number of hydrogen-bond donors (Lipinski definition) is 1. The molecule has 20 heavy (non-hydrogen) atoms. The molecule has 2 rings (SSSR count). The molecule has 0 bridgehead atoms. The lowest BCUT2D eigenvalue weighted by molar-refractivity contribution is 0.226. The van der Waals surface area contributed by atoms with Crippen LogP contribution in [-0.2, 0) is 0 Å². The molecule has 1 aromatic heterocycles. The molecule has 1 heterocycles. The molecule has 0 amide bonds. The number of hydrogen-bond acceptors (Lipinski definition) is 2. The molecule has 0 aliphatic rings. The minimum absolute atomic E-state index is 0.335. The molecule has 2 nitrogen and oxygen atoms in total. The lowest BCUT2D eigenvalue weighted by Crippen LogP contribution is -2.25. The highest BCUT2D eigenvalue weighted by molar-refractivity contribution is 5.85. The van der Waals surface area contributed by atoms with Gasteiger partial charge in [0.1, 0.15) is 0 Å². The summed E-state index contributed by atoms with van der Waals surface area (Å²) in [5, 5.41) is 6.02. The minimum Gasteiger partial charge on any atom is -0.313 e. The van der Waals surface area contributed by atoms with Gasteiger partial charge in [-0.15, -0.1) is 0 Å². The summed E-state index contributed by atoms with van der Waals surface area (Å²) in [5.41, 5.74) is 1.71. The maximum Gasteiger partial charge on any atom is 0.0346 e. The number of aromatic nitrogens is 1. The van der Waals surface area contributed by atoms with Crippen LogP contribution in [0, 0.1) is 11.3 Å². The Morgan fingerprint density at radius 2 is 1.95 bits per heavy atom. The van der Waals surface area contributed by atoms with Crippen molar-refractivity contribution in [3.8, 4) is 0 Å². The Balaban J connectivity index is 2.35. The fourth-order valence-corrected chi connectivity index (χ4v) is 2.56. The van der Waals surface area contributed by atoms with Crippen molar-refractivity contribution < 1.29 is 0 Å². The van der Waals surface area contributed by atoms with Crippen LogP contribution in [0.3, 0.4) is 0 Å². The number of nitrogens with zero attached hydrogens (tertiary/aromatic N) is 1. The van der Waals surface area contributed by atoms with E-state index in [4.69, 9.17) is 0 Å². The summed E-state index contributed by atoms with van der Waals surface area (Å²) in [6, 6.07) is 9.00. The average Bonchev–Trinajstić information content (AvgIpc) is 2.43. The highest BCUT2D eigenvalue weighted by Crippen LogP contribution is 2.35. The normalized spacial score (nSPS) is 15.2. The standard InChI is InChI=1S/C18H26N2/c1-13(18(2,3)4)11-17(19-5)16-8-6-7-14-12-20-10-9-15(14)16/h6-10,12-13,17,19H,11H2,1-5H3. The predicted octanol–water partition coefficient (Wildman–Crippen LogP) is 4.57. The lowest BCUT2D eigenvalue weighted by Gasteiger charge is -2.31. The molecule has 0 saturated carbocycles. The van der Waals surface area contributed by atoms with Crippen molar-refractivity contribution in [2.45, 2.75) is 40.2 Å². The van der Waals surface area contributed by atoms with Gasteiger partial charge in [0, 0.05) is 23.8 Å². The third kappa shape index (κ3) is 3.18. The zero-order valence-corrected chi connectivity index (χ0v) is 13.3. The van der Waals surface area contributed by atoms with Crippen molar-refractivity contribution in [1.82, 2.24) is 10.3 Å². The second-order valence-electron chi connectivity index (χ2n) is 6.79. The van der Waals surface area contributed by atoms with E-state index in [2.05, 4.69) is 69.3 Å². The minimum atomic E-state index is 0.335. The first kappa shape index (κ1) is 15.0. The van der Waals surface area contributed by atoms with Crippen LogP contribution < -0.4 is 5.32 Å². The maximum atomic E-state index is 4.22. The molecular weight excluding hydrogens is 244 g/mol. The fourth-order valence-electron chi connectivity index (χ4n) is 2.56. The summed E-state index contributed by atoms with van der Waals surface area (Å²) < 4.78 is 0. The molecule has 0 fully saturated rings. The molecule has 2 aromatic rings. The molecule has 108 valence electrons. The molecule has 0 radical (unpaired) electrons. The topological polar surface area (TPSA) is 24.9 Å². The van der Waals surface area contributed by atoms with Crippen LogP contribution in [0.2, 0.25) is 0 Å². The van der Waals surface area contributed by atoms with E-state index in [0.717, 1.165) is 6.42 Å². The van der Waals surface area contributed by atoms with Crippen molar-refractivity contribution >= 4 is 10.8 Å². The lowest BCUT2D eigenvalue weighted by atomic mass is 9.77. The Bertz CT molecular complexity index is 564. The largest absolute Gasteiger partial charge is 0.313 e. The van der Waals surface area contributed by atoms with Gasteiger partial charge in [0.25, 0.3) is 0 Å². The third-order valence-electron chi connectivity index (χ3n) is 4.51. The highest BCUT2D eigenvalue weighted by Gasteiger charge is 2.24. The zero-order chi connectivity index (χ0) is 14.8. The Labute approximate surface area is 122 Å². The number of benzene rings is 1. The van der Waals surface area contributed by atoms with E-state index in [9.17, 15) is 0 Å². The number of nitrogens with one attached hydrogen (secondary N) is 1. The first-order valence-electron chi connectivity index (χ1n) is 7.43. The summed E-state index contributed by atoms with van der Waals surface area (Å²) in [6.45, 7) is 9.29. The molecule has 0 aliphatic carbocycles. The predicted molar refractivity (Wildman–Crippen MR) is 86.8 cm³/mol. The summed E-state index contributed by atoms with van der Waals surface area (Å²) in [7, 11) is 2.06. The van der Waals surface area contributed by atoms with Gasteiger partial charge in [0.2, 0.25) is 0 Å². The molecule has 1 aromatic carbocycles. The van der Waals surface area contributed by atoms with E-state index >= 15 is 0 Å². The van der Waals surface area contributed by atoms with E-state index in [-0.39, 0.29) is 0 Å². The second-order valence-corrected chi connectivity index (χ2v) is 6.79. The van der Waals surface area contributed by atoms with Crippen molar-refractivity contribution in [2.75, 3.05) is 7.05 Å². The van der Waals surface area contributed by atoms with Gasteiger partial charge in [-0.3, -0.25) is 4.98 Å². The van der Waals surface area contributed by atoms with Crippen molar-refractivity contribution in [2.24, 2.45) is 11.3 Å². The van der Waals surface area contributed by atoms with Gasteiger partial charge in [-0.1, -0.05) is 45.9 Å².